The summed E-state index contributed by atoms with van der Waals surface area (Å²) in [4.78, 5) is 0. The van der Waals surface area contributed by atoms with Crippen LogP contribution < -0.4 is 11.1 Å². The van der Waals surface area contributed by atoms with Crippen LogP contribution in [0.25, 0.3) is 0 Å². The number of thiol groups is 1. The van der Waals surface area contributed by atoms with Crippen LogP contribution >= 0.6 is 12.6 Å². The first kappa shape index (κ1) is 15.0. The van der Waals surface area contributed by atoms with Gasteiger partial charge in [-0.3, -0.25) is 0 Å². The normalized spacial score (nSPS) is 9.31. The predicted molar refractivity (Wildman–Crippen MR) is 69.3 cm³/mol. The molecular weight excluding hydrogens is 230 g/mol. The van der Waals surface area contributed by atoms with E-state index in [-0.39, 0.29) is 16.9 Å². The second-order valence-electron chi connectivity index (χ2n) is 3.02. The van der Waals surface area contributed by atoms with Crippen molar-refractivity contribution in [1.82, 2.24) is 0 Å². The number of nitrogens with two attached hydrogens (primary N) is 1. The van der Waals surface area contributed by atoms with Gasteiger partial charge in [0.2, 0.25) is 0 Å². The lowest BCUT2D eigenvalue weighted by atomic mass is 10.1. The minimum absolute atomic E-state index is 0.208. The molecule has 1 aromatic carbocycles. The van der Waals surface area contributed by atoms with Gasteiger partial charge in [-0.15, -0.1) is 0 Å². The Bertz CT molecular complexity index is 319. The van der Waals surface area contributed by atoms with Crippen molar-refractivity contribution in [3.8, 4) is 0 Å². The summed E-state index contributed by atoms with van der Waals surface area (Å²) in [7, 11) is 0. The Morgan fingerprint density at radius 3 is 2.38 bits per heavy atom. The summed E-state index contributed by atoms with van der Waals surface area (Å²) in [6.07, 6.45) is 0. The standard InChI is InChI=1S/C9H12F2N2.C2H6S/c1-2-13-9-6(5-10)3-7(12)4-8(9)11;1-2-3/h3-4,13H,2,5,12H2,1H3;3H,2H2,1H3. The van der Waals surface area contributed by atoms with Gasteiger partial charge in [-0.25, -0.2) is 8.78 Å². The molecule has 92 valence electrons. The van der Waals surface area contributed by atoms with Gasteiger partial charge in [0.25, 0.3) is 0 Å². The van der Waals surface area contributed by atoms with Crippen LogP contribution in [-0.2, 0) is 6.67 Å². The SMILES string of the molecule is CCNc1c(F)cc(N)cc1CF.CCS. The molecule has 0 heterocycles. The minimum atomic E-state index is -0.718. The van der Waals surface area contributed by atoms with Gasteiger partial charge >= 0.3 is 0 Å². The van der Waals surface area contributed by atoms with Crippen LogP contribution in [0.4, 0.5) is 20.2 Å². The van der Waals surface area contributed by atoms with Crippen molar-refractivity contribution in [1.29, 1.82) is 0 Å². The number of halogens is 2. The van der Waals surface area contributed by atoms with E-state index in [1.807, 2.05) is 13.8 Å². The van der Waals surface area contributed by atoms with Crippen LogP contribution in [-0.4, -0.2) is 12.3 Å². The Balaban J connectivity index is 0.000000673. The summed E-state index contributed by atoms with van der Waals surface area (Å²) >= 11 is 3.79. The van der Waals surface area contributed by atoms with Crippen molar-refractivity contribution in [2.75, 3.05) is 23.3 Å². The summed E-state index contributed by atoms with van der Waals surface area (Å²) in [6.45, 7) is 3.64. The highest BCUT2D eigenvalue weighted by Crippen LogP contribution is 2.23. The van der Waals surface area contributed by atoms with E-state index < -0.39 is 12.5 Å². The number of benzene rings is 1. The third-order valence-corrected chi connectivity index (χ3v) is 1.69. The first-order valence-corrected chi connectivity index (χ1v) is 5.72. The van der Waals surface area contributed by atoms with E-state index in [2.05, 4.69) is 17.9 Å². The number of rotatable bonds is 3. The first-order valence-electron chi connectivity index (χ1n) is 5.09. The molecule has 3 N–H and O–H groups in total. The van der Waals surface area contributed by atoms with Gasteiger partial charge in [-0.05, 0) is 24.8 Å². The lowest BCUT2D eigenvalue weighted by Crippen LogP contribution is -2.04. The van der Waals surface area contributed by atoms with E-state index in [1.54, 1.807) is 0 Å². The Morgan fingerprint density at radius 1 is 1.38 bits per heavy atom. The average molecular weight is 248 g/mol. The van der Waals surface area contributed by atoms with E-state index in [1.165, 1.54) is 12.1 Å². The monoisotopic (exact) mass is 248 g/mol. The topological polar surface area (TPSA) is 38.0 Å². The molecule has 0 aliphatic heterocycles. The number of hydrogen-bond acceptors (Lipinski definition) is 3. The fourth-order valence-electron chi connectivity index (χ4n) is 1.17. The third-order valence-electron chi connectivity index (χ3n) is 1.69. The molecule has 0 saturated carbocycles. The summed E-state index contributed by atoms with van der Waals surface area (Å²) in [5.74, 6) is 0.439. The summed E-state index contributed by atoms with van der Waals surface area (Å²) in [5.41, 5.74) is 6.08. The fourth-order valence-corrected chi connectivity index (χ4v) is 1.17. The maximum absolute atomic E-state index is 13.2. The highest BCUT2D eigenvalue weighted by Gasteiger charge is 2.08. The molecule has 1 aromatic rings. The van der Waals surface area contributed by atoms with E-state index in [0.717, 1.165) is 5.75 Å². The molecule has 5 heteroatoms. The van der Waals surface area contributed by atoms with Crippen LogP contribution in [0.3, 0.4) is 0 Å². The molecule has 0 radical (unpaired) electrons. The van der Waals surface area contributed by atoms with Gasteiger partial charge in [-0.2, -0.15) is 12.6 Å². The molecule has 0 aliphatic carbocycles. The summed E-state index contributed by atoms with van der Waals surface area (Å²) in [5, 5.41) is 2.75. The molecule has 16 heavy (non-hydrogen) atoms. The highest BCUT2D eigenvalue weighted by atomic mass is 32.1. The molecule has 0 bridgehead atoms. The minimum Gasteiger partial charge on any atom is -0.399 e. The van der Waals surface area contributed by atoms with Crippen molar-refractivity contribution in [2.45, 2.75) is 20.5 Å². The van der Waals surface area contributed by atoms with Gasteiger partial charge in [-0.1, -0.05) is 6.92 Å². The molecular formula is C11H18F2N2S. The molecule has 1 rings (SSSR count). The molecule has 0 amide bonds. The number of hydrogen-bond donors (Lipinski definition) is 3. The maximum atomic E-state index is 13.2. The zero-order valence-electron chi connectivity index (χ0n) is 9.56. The molecule has 0 fully saturated rings. The first-order chi connectivity index (χ1) is 7.60. The van der Waals surface area contributed by atoms with Crippen molar-refractivity contribution < 1.29 is 8.78 Å². The zero-order valence-corrected chi connectivity index (χ0v) is 10.5. The van der Waals surface area contributed by atoms with Crippen molar-refractivity contribution >= 4 is 24.0 Å². The van der Waals surface area contributed by atoms with Crippen LogP contribution in [0, 0.1) is 5.82 Å². The molecule has 0 spiro atoms. The summed E-state index contributed by atoms with van der Waals surface area (Å²) < 4.78 is 25.6. The number of alkyl halides is 1. The van der Waals surface area contributed by atoms with Gasteiger partial charge in [0.05, 0.1) is 5.69 Å². The van der Waals surface area contributed by atoms with Crippen LogP contribution in [0.2, 0.25) is 0 Å². The van der Waals surface area contributed by atoms with Gasteiger partial charge < -0.3 is 11.1 Å². The van der Waals surface area contributed by atoms with Crippen molar-refractivity contribution in [3.63, 3.8) is 0 Å². The van der Waals surface area contributed by atoms with Gasteiger partial charge in [0.15, 0.2) is 0 Å². The Kier molecular flexibility index (Phi) is 7.72. The second-order valence-corrected chi connectivity index (χ2v) is 3.65. The van der Waals surface area contributed by atoms with Crippen LogP contribution in [0.5, 0.6) is 0 Å². The molecule has 0 atom stereocenters. The number of nitrogens with one attached hydrogen (secondary N) is 1. The molecule has 0 unspecified atom stereocenters. The lowest BCUT2D eigenvalue weighted by Gasteiger charge is -2.10. The molecule has 0 aliphatic rings. The van der Waals surface area contributed by atoms with Crippen molar-refractivity contribution in [2.24, 2.45) is 0 Å². The Hall–Kier alpha value is -0.970. The lowest BCUT2D eigenvalue weighted by molar-refractivity contribution is 0.484. The van der Waals surface area contributed by atoms with E-state index in [0.29, 0.717) is 6.54 Å². The predicted octanol–water partition coefficient (Wildman–Crippen LogP) is 3.25. The van der Waals surface area contributed by atoms with E-state index in [9.17, 15) is 8.78 Å². The quantitative estimate of drug-likeness (QED) is 0.567. The third kappa shape index (κ3) is 4.70. The smallest absolute Gasteiger partial charge is 0.148 e. The van der Waals surface area contributed by atoms with Gasteiger partial charge in [0, 0.05) is 17.8 Å². The van der Waals surface area contributed by atoms with E-state index in [4.69, 9.17) is 5.73 Å². The van der Waals surface area contributed by atoms with E-state index >= 15 is 0 Å². The average Bonchev–Trinajstić information content (AvgIpc) is 2.23. The Morgan fingerprint density at radius 2 is 1.94 bits per heavy atom. The second kappa shape index (κ2) is 8.21. The van der Waals surface area contributed by atoms with Crippen molar-refractivity contribution in [3.05, 3.63) is 23.5 Å². The van der Waals surface area contributed by atoms with Crippen LogP contribution in [0.15, 0.2) is 12.1 Å². The zero-order chi connectivity index (χ0) is 12.6. The maximum Gasteiger partial charge on any atom is 0.148 e. The van der Waals surface area contributed by atoms with Crippen LogP contribution in [0.1, 0.15) is 19.4 Å². The Labute approximate surface area is 101 Å². The largest absolute Gasteiger partial charge is 0.399 e. The number of anilines is 2. The fraction of sp³-hybridized carbons (Fsp3) is 0.455. The summed E-state index contributed by atoms with van der Waals surface area (Å²) in [6, 6.07) is 2.61. The number of nitrogen functional groups attached to an aromatic ring is 1. The molecule has 0 saturated heterocycles. The molecule has 0 aromatic heterocycles. The van der Waals surface area contributed by atoms with Gasteiger partial charge in [0.1, 0.15) is 12.5 Å². The molecule has 2 nitrogen and oxygen atoms in total. The highest BCUT2D eigenvalue weighted by molar-refractivity contribution is 7.80.